The Balaban J connectivity index is 1.03. The van der Waals surface area contributed by atoms with Crippen molar-refractivity contribution in [1.29, 1.82) is 0 Å². The van der Waals surface area contributed by atoms with E-state index in [1.165, 1.54) is 6.92 Å². The van der Waals surface area contributed by atoms with Crippen molar-refractivity contribution in [2.45, 2.75) is 248 Å². The number of allylic oxidation sites excluding steroid dienone is 2. The first-order chi connectivity index (χ1) is 36.0. The van der Waals surface area contributed by atoms with Crippen molar-refractivity contribution in [3.8, 4) is 0 Å². The molecule has 0 unspecified atom stereocenters. The molecule has 8 fully saturated rings. The maximum absolute atomic E-state index is 15.7. The number of carbonyl (C=O) groups is 1. The van der Waals surface area contributed by atoms with Gasteiger partial charge in [0.15, 0.2) is 25.0 Å². The molecule has 0 radical (unpaired) electrons. The third kappa shape index (κ3) is 9.61. The van der Waals surface area contributed by atoms with Crippen molar-refractivity contribution in [2.75, 3.05) is 19.8 Å². The van der Waals surface area contributed by atoms with Gasteiger partial charge in [0.2, 0.25) is 6.29 Å². The molecule has 9 aliphatic rings. The number of esters is 1. The molecule has 0 aromatic carbocycles. The van der Waals surface area contributed by atoms with E-state index in [2.05, 4.69) is 40.7 Å². The van der Waals surface area contributed by atoms with Gasteiger partial charge in [-0.15, -0.1) is 0 Å². The molecule has 4 saturated carbocycles. The second-order valence-corrected chi connectivity index (χ2v) is 26.2. The minimum atomic E-state index is -1.98. The zero-order chi connectivity index (χ0) is 56.4. The van der Waals surface area contributed by atoms with Crippen molar-refractivity contribution < 1.29 is 114 Å². The van der Waals surface area contributed by atoms with E-state index in [4.69, 9.17) is 37.9 Å². The quantitative estimate of drug-likeness (QED) is 0.0602. The van der Waals surface area contributed by atoms with E-state index in [1.807, 2.05) is 6.92 Å². The van der Waals surface area contributed by atoms with Crippen LogP contribution in [0.2, 0.25) is 0 Å². The van der Waals surface area contributed by atoms with Crippen LogP contribution < -0.4 is 0 Å². The molecule has 77 heavy (non-hydrogen) atoms. The lowest BCUT2D eigenvalue weighted by molar-refractivity contribution is -0.387. The van der Waals surface area contributed by atoms with Gasteiger partial charge in [0.1, 0.15) is 79.4 Å². The monoisotopic (exact) mass is 1100 g/mol. The zero-order valence-electron chi connectivity index (χ0n) is 45.4. The molecular weight excluding hydrogens is 1020 g/mol. The maximum Gasteiger partial charge on any atom is 0.315 e. The molecule has 23 heteroatoms. The third-order valence-electron chi connectivity index (χ3n) is 21.4. The number of rotatable bonds is 11. The molecule has 5 aliphatic carbocycles. The van der Waals surface area contributed by atoms with E-state index in [-0.39, 0.29) is 29.8 Å². The Morgan fingerprint density at radius 3 is 1.68 bits per heavy atom. The summed E-state index contributed by atoms with van der Waals surface area (Å²) in [4.78, 5) is 15.7. The summed E-state index contributed by atoms with van der Waals surface area (Å²) in [6, 6.07) is 0. The number of fused-ring (bicyclic) bond motifs is 7. The maximum atomic E-state index is 15.7. The van der Waals surface area contributed by atoms with Gasteiger partial charge in [0.05, 0.1) is 49.7 Å². The Morgan fingerprint density at radius 2 is 1.09 bits per heavy atom. The summed E-state index contributed by atoms with van der Waals surface area (Å²) in [7, 11) is 0. The minimum absolute atomic E-state index is 0.0238. The van der Waals surface area contributed by atoms with Gasteiger partial charge in [0, 0.05) is 5.41 Å². The summed E-state index contributed by atoms with van der Waals surface area (Å²) >= 11 is 0. The van der Waals surface area contributed by atoms with E-state index >= 15 is 4.79 Å². The molecule has 30 atom stereocenters. The van der Waals surface area contributed by atoms with Crippen LogP contribution in [-0.4, -0.2) is 232 Å². The van der Waals surface area contributed by atoms with Crippen LogP contribution in [0.1, 0.15) is 113 Å². The average Bonchev–Trinajstić information content (AvgIpc) is 3.47. The highest BCUT2D eigenvalue weighted by Gasteiger charge is 2.72. The molecule has 0 bridgehead atoms. The Morgan fingerprint density at radius 1 is 0.571 bits per heavy atom. The van der Waals surface area contributed by atoms with E-state index in [9.17, 15) is 71.5 Å². The summed E-state index contributed by atoms with van der Waals surface area (Å²) in [5.74, 6) is -1.26. The Labute approximate surface area is 449 Å². The molecule has 4 aliphatic heterocycles. The fourth-order valence-electron chi connectivity index (χ4n) is 16.5. The molecule has 9 rings (SSSR count). The van der Waals surface area contributed by atoms with Gasteiger partial charge in [-0.05, 0) is 111 Å². The predicted octanol–water partition coefficient (Wildman–Crippen LogP) is -2.04. The van der Waals surface area contributed by atoms with Gasteiger partial charge in [-0.1, -0.05) is 53.2 Å². The van der Waals surface area contributed by atoms with Crippen LogP contribution in [0.15, 0.2) is 11.6 Å². The van der Waals surface area contributed by atoms with Crippen LogP contribution in [0, 0.1) is 50.2 Å². The lowest BCUT2D eigenvalue weighted by atomic mass is 9.33. The standard InChI is InChI=1S/C54H88O23/c1-22-31(59)35(63)38(66)44(70-22)75-42-41(74-46-40(68)37(65)33(61)27(19-55)72-46)34(62)28(20-56)73-47(42)77-48(69)54-15-13-49(3,4)17-25(54)24-9-10-30-50(5)18-26(58)43(76-45-39(67)36(64)32(60)23(2)71-45)51(6,21-57)29(50)11-12-53(30,8)52(24,7)14-16-54/h9,22-23,25-47,55-68H,10-21H2,1-8H3/t22-,23+,25-,26-,27+,28+,29+,30+,31-,32-,33-,34+,35+,36-,37-,38+,39+,40+,41-,42+,43-,44-,45-,46-,47-,50-,51-,52+,53+,54-/m0/s1. The largest absolute Gasteiger partial charge is 0.432 e. The van der Waals surface area contributed by atoms with Crippen LogP contribution in [0.25, 0.3) is 0 Å². The molecule has 442 valence electrons. The van der Waals surface area contributed by atoms with Gasteiger partial charge in [-0.2, -0.15) is 0 Å². The number of carbonyl (C=O) groups excluding carboxylic acids is 1. The van der Waals surface area contributed by atoms with Crippen molar-refractivity contribution in [3.05, 3.63) is 11.6 Å². The normalized spacial score (nSPS) is 55.7. The molecule has 14 N–H and O–H groups in total. The van der Waals surface area contributed by atoms with Gasteiger partial charge in [-0.25, -0.2) is 0 Å². The lowest BCUT2D eigenvalue weighted by Crippen LogP contribution is -2.69. The summed E-state index contributed by atoms with van der Waals surface area (Å²) < 4.78 is 48.7. The highest BCUT2D eigenvalue weighted by Crippen LogP contribution is 2.76. The minimum Gasteiger partial charge on any atom is -0.432 e. The third-order valence-corrected chi connectivity index (χ3v) is 21.4. The molecule has 0 amide bonds. The van der Waals surface area contributed by atoms with Crippen molar-refractivity contribution >= 4 is 5.97 Å². The topological polar surface area (TPSA) is 374 Å². The second-order valence-electron chi connectivity index (χ2n) is 26.2. The molecule has 0 aromatic rings. The summed E-state index contributed by atoms with van der Waals surface area (Å²) in [5.41, 5.74) is -2.77. The van der Waals surface area contributed by atoms with E-state index < -0.39 is 181 Å². The molecule has 4 saturated heterocycles. The molecule has 23 nitrogen and oxygen atoms in total. The first-order valence-corrected chi connectivity index (χ1v) is 27.8. The van der Waals surface area contributed by atoms with Gasteiger partial charge >= 0.3 is 5.97 Å². The van der Waals surface area contributed by atoms with Crippen LogP contribution >= 0.6 is 0 Å². The van der Waals surface area contributed by atoms with Crippen LogP contribution in [0.5, 0.6) is 0 Å². The fourth-order valence-corrected chi connectivity index (χ4v) is 16.5. The van der Waals surface area contributed by atoms with Crippen LogP contribution in [0.3, 0.4) is 0 Å². The smallest absolute Gasteiger partial charge is 0.315 e. The highest BCUT2D eigenvalue weighted by molar-refractivity contribution is 5.79. The zero-order valence-corrected chi connectivity index (χ0v) is 45.4. The van der Waals surface area contributed by atoms with Crippen molar-refractivity contribution in [1.82, 2.24) is 0 Å². The number of hydrogen-bond acceptors (Lipinski definition) is 23. The Hall–Kier alpha value is -1.63. The van der Waals surface area contributed by atoms with Gasteiger partial charge < -0.3 is 109 Å². The first-order valence-electron chi connectivity index (χ1n) is 27.8. The number of aliphatic hydroxyl groups is 14. The Kier molecular flexibility index (Phi) is 16.8. The van der Waals surface area contributed by atoms with Crippen molar-refractivity contribution in [2.24, 2.45) is 50.2 Å². The summed E-state index contributed by atoms with van der Waals surface area (Å²) in [5, 5.41) is 153. The molecule has 4 heterocycles. The van der Waals surface area contributed by atoms with Gasteiger partial charge in [-0.3, -0.25) is 4.79 Å². The summed E-state index contributed by atoms with van der Waals surface area (Å²) in [6.45, 7) is 13.9. The van der Waals surface area contributed by atoms with E-state index in [1.54, 1.807) is 6.92 Å². The molecule has 0 aromatic heterocycles. The Bertz CT molecular complexity index is 2130. The van der Waals surface area contributed by atoms with E-state index in [0.717, 1.165) is 12.0 Å². The number of hydrogen-bond donors (Lipinski definition) is 14. The number of aliphatic hydroxyl groups excluding tert-OH is 14. The first kappa shape index (κ1) is 60.0. The molecule has 0 spiro atoms. The predicted molar refractivity (Wildman–Crippen MR) is 263 cm³/mol. The fraction of sp³-hybridized carbons (Fsp3) is 0.944. The van der Waals surface area contributed by atoms with Crippen molar-refractivity contribution in [3.63, 3.8) is 0 Å². The SMILES string of the molecule is C[C@@H]1O[C@@H](O[C@H]2[C@H](OC(=O)[C@]34CCC(C)(C)C[C@H]3C3=CC[C@@H]5[C@@]6(C)C[C@H](O)[C@H](O[C@@H]7O[C@H](C)[C@H](O)[C@H](O)[C@H]7O)[C@@](C)(CO)[C@@H]6CC[C@@]5(C)[C@]3(C)CC4)O[C@H](CO)[C@@H](O)[C@@H]2O[C@@H]2O[C@H](CO)[C@H](O)[C@H](O)[C@H]2O)[C@H](O)[C@H](O)[C@H]1O. The van der Waals surface area contributed by atoms with Gasteiger partial charge in [0.25, 0.3) is 0 Å². The lowest BCUT2D eigenvalue weighted by Gasteiger charge is -2.72. The van der Waals surface area contributed by atoms with Crippen LogP contribution in [0.4, 0.5) is 0 Å². The highest BCUT2D eigenvalue weighted by atomic mass is 16.8. The summed E-state index contributed by atoms with van der Waals surface area (Å²) in [6.07, 6.45) is -27.8. The molecular formula is C54H88O23. The second kappa shape index (κ2) is 21.5. The van der Waals surface area contributed by atoms with Crippen LogP contribution in [-0.2, 0) is 42.7 Å². The number of ether oxygens (including phenoxy) is 8. The average molecular weight is 1110 g/mol. The van der Waals surface area contributed by atoms with E-state index in [0.29, 0.717) is 51.4 Å².